The lowest BCUT2D eigenvalue weighted by Crippen LogP contribution is -2.49. The van der Waals surface area contributed by atoms with E-state index in [-0.39, 0.29) is 11.9 Å². The Labute approximate surface area is 120 Å². The smallest absolute Gasteiger partial charge is 0.244 e. The fourth-order valence-corrected chi connectivity index (χ4v) is 2.34. The molecule has 0 saturated heterocycles. The van der Waals surface area contributed by atoms with Crippen LogP contribution in [0.3, 0.4) is 0 Å². The first-order valence-corrected chi connectivity index (χ1v) is 7.07. The number of hydrogen-bond donors (Lipinski definition) is 2. The average molecular weight is 270 g/mol. The standard InChI is InChI=1S/C17H22N2O/c1-14(2)18-19-16(20)17(11-7-4-8-12-17)13-15-9-5-3-6-10-15/h3-11,14,18H,12-13H2,1-2H3,(H,19,20). The number of benzene rings is 1. The fourth-order valence-electron chi connectivity index (χ4n) is 2.34. The Hall–Kier alpha value is -1.87. The molecule has 1 aliphatic carbocycles. The van der Waals surface area contributed by atoms with Crippen LogP contribution in [0.4, 0.5) is 0 Å². The predicted molar refractivity (Wildman–Crippen MR) is 81.9 cm³/mol. The van der Waals surface area contributed by atoms with E-state index in [2.05, 4.69) is 29.1 Å². The van der Waals surface area contributed by atoms with E-state index >= 15 is 0 Å². The molecule has 1 atom stereocenters. The van der Waals surface area contributed by atoms with Gasteiger partial charge in [-0.2, -0.15) is 0 Å². The second-order valence-electron chi connectivity index (χ2n) is 5.56. The lowest BCUT2D eigenvalue weighted by molar-refractivity contribution is -0.129. The number of hydrazine groups is 1. The SMILES string of the molecule is CC(C)NNC(=O)C1(Cc2ccccc2)C=CC=CC1. The van der Waals surface area contributed by atoms with Crippen molar-refractivity contribution < 1.29 is 4.79 Å². The molecule has 0 heterocycles. The highest BCUT2D eigenvalue weighted by atomic mass is 16.2. The van der Waals surface area contributed by atoms with Gasteiger partial charge in [0, 0.05) is 6.04 Å². The average Bonchev–Trinajstić information content (AvgIpc) is 2.46. The third kappa shape index (κ3) is 3.58. The zero-order chi connectivity index (χ0) is 14.4. The number of amides is 1. The van der Waals surface area contributed by atoms with Gasteiger partial charge in [0.15, 0.2) is 0 Å². The first-order valence-electron chi connectivity index (χ1n) is 7.07. The Morgan fingerprint density at radius 3 is 2.60 bits per heavy atom. The van der Waals surface area contributed by atoms with Crippen molar-refractivity contribution in [3.8, 4) is 0 Å². The first-order chi connectivity index (χ1) is 9.62. The van der Waals surface area contributed by atoms with Crippen LogP contribution in [0.2, 0.25) is 0 Å². The van der Waals surface area contributed by atoms with Crippen LogP contribution >= 0.6 is 0 Å². The van der Waals surface area contributed by atoms with Crippen molar-refractivity contribution in [2.45, 2.75) is 32.7 Å². The van der Waals surface area contributed by atoms with Crippen LogP contribution in [-0.2, 0) is 11.2 Å². The minimum absolute atomic E-state index is 0.0238. The zero-order valence-corrected chi connectivity index (χ0v) is 12.1. The molecule has 1 aliphatic rings. The van der Waals surface area contributed by atoms with Crippen molar-refractivity contribution >= 4 is 5.91 Å². The molecule has 0 spiro atoms. The highest BCUT2D eigenvalue weighted by Gasteiger charge is 2.35. The van der Waals surface area contributed by atoms with E-state index in [4.69, 9.17) is 0 Å². The molecule has 2 rings (SSSR count). The molecule has 0 fully saturated rings. The third-order valence-electron chi connectivity index (χ3n) is 3.43. The second kappa shape index (κ2) is 6.53. The maximum atomic E-state index is 12.6. The quantitative estimate of drug-likeness (QED) is 0.808. The molecule has 0 bridgehead atoms. The van der Waals surface area contributed by atoms with E-state index in [0.717, 1.165) is 6.42 Å². The van der Waals surface area contributed by atoms with Crippen molar-refractivity contribution in [2.24, 2.45) is 5.41 Å². The molecule has 0 aromatic heterocycles. The van der Waals surface area contributed by atoms with E-state index in [9.17, 15) is 4.79 Å². The monoisotopic (exact) mass is 270 g/mol. The van der Waals surface area contributed by atoms with Crippen molar-refractivity contribution in [1.29, 1.82) is 0 Å². The van der Waals surface area contributed by atoms with E-state index in [1.807, 2.05) is 50.3 Å². The lowest BCUT2D eigenvalue weighted by Gasteiger charge is -2.30. The minimum atomic E-state index is -0.502. The summed E-state index contributed by atoms with van der Waals surface area (Å²) in [7, 11) is 0. The molecular formula is C17H22N2O. The van der Waals surface area contributed by atoms with Gasteiger partial charge in [0.2, 0.25) is 5.91 Å². The normalized spacial score (nSPS) is 21.1. The van der Waals surface area contributed by atoms with Crippen LogP contribution in [0, 0.1) is 5.41 Å². The van der Waals surface area contributed by atoms with Gasteiger partial charge >= 0.3 is 0 Å². The van der Waals surface area contributed by atoms with E-state index in [1.54, 1.807) is 0 Å². The number of nitrogens with one attached hydrogen (secondary N) is 2. The lowest BCUT2D eigenvalue weighted by atomic mass is 9.76. The predicted octanol–water partition coefficient (Wildman–Crippen LogP) is 2.76. The Morgan fingerprint density at radius 1 is 1.25 bits per heavy atom. The Bertz CT molecular complexity index is 505. The van der Waals surface area contributed by atoms with Gasteiger partial charge in [-0.1, -0.05) is 54.6 Å². The van der Waals surface area contributed by atoms with E-state index < -0.39 is 5.41 Å². The number of allylic oxidation sites excluding steroid dienone is 3. The second-order valence-corrected chi connectivity index (χ2v) is 5.56. The summed E-state index contributed by atoms with van der Waals surface area (Å²) >= 11 is 0. The molecular weight excluding hydrogens is 248 g/mol. The molecule has 3 nitrogen and oxygen atoms in total. The molecule has 106 valence electrons. The summed E-state index contributed by atoms with van der Waals surface area (Å²) in [6.45, 7) is 4.00. The maximum Gasteiger partial charge on any atom is 0.244 e. The Kier molecular flexibility index (Phi) is 4.74. The molecule has 1 amide bonds. The van der Waals surface area contributed by atoms with Gasteiger partial charge in [-0.3, -0.25) is 10.2 Å². The highest BCUT2D eigenvalue weighted by molar-refractivity contribution is 5.85. The first kappa shape index (κ1) is 14.5. The highest BCUT2D eigenvalue weighted by Crippen LogP contribution is 2.32. The van der Waals surface area contributed by atoms with Crippen LogP contribution in [0.1, 0.15) is 25.8 Å². The van der Waals surface area contributed by atoms with Gasteiger partial charge < -0.3 is 0 Å². The molecule has 1 aromatic carbocycles. The number of hydrogen-bond acceptors (Lipinski definition) is 2. The van der Waals surface area contributed by atoms with Gasteiger partial charge in [-0.25, -0.2) is 5.43 Å². The topological polar surface area (TPSA) is 41.1 Å². The van der Waals surface area contributed by atoms with Crippen LogP contribution in [0.15, 0.2) is 54.6 Å². The van der Waals surface area contributed by atoms with Gasteiger partial charge in [0.05, 0.1) is 5.41 Å². The van der Waals surface area contributed by atoms with Crippen molar-refractivity contribution in [2.75, 3.05) is 0 Å². The van der Waals surface area contributed by atoms with Crippen LogP contribution in [-0.4, -0.2) is 11.9 Å². The number of rotatable bonds is 5. The van der Waals surface area contributed by atoms with Gasteiger partial charge in [-0.05, 0) is 32.3 Å². The summed E-state index contributed by atoms with van der Waals surface area (Å²) in [5.41, 5.74) is 6.51. The van der Waals surface area contributed by atoms with Crippen molar-refractivity contribution in [1.82, 2.24) is 10.9 Å². The third-order valence-corrected chi connectivity index (χ3v) is 3.43. The largest absolute Gasteiger partial charge is 0.291 e. The summed E-state index contributed by atoms with van der Waals surface area (Å²) < 4.78 is 0. The summed E-state index contributed by atoms with van der Waals surface area (Å²) in [5.74, 6) is 0.0238. The molecule has 1 unspecified atom stereocenters. The number of carbonyl (C=O) groups excluding carboxylic acids is 1. The molecule has 3 heteroatoms. The molecule has 1 aromatic rings. The fraction of sp³-hybridized carbons (Fsp3) is 0.353. The summed E-state index contributed by atoms with van der Waals surface area (Å²) in [5, 5.41) is 0. The minimum Gasteiger partial charge on any atom is -0.291 e. The van der Waals surface area contributed by atoms with Crippen LogP contribution in [0.25, 0.3) is 0 Å². The van der Waals surface area contributed by atoms with Crippen molar-refractivity contribution in [3.63, 3.8) is 0 Å². The van der Waals surface area contributed by atoms with Gasteiger partial charge in [-0.15, -0.1) is 0 Å². The molecule has 0 saturated carbocycles. The summed E-state index contributed by atoms with van der Waals surface area (Å²) in [4.78, 5) is 12.6. The van der Waals surface area contributed by atoms with E-state index in [0.29, 0.717) is 6.42 Å². The molecule has 0 radical (unpaired) electrons. The summed E-state index contributed by atoms with van der Waals surface area (Å²) in [6, 6.07) is 10.4. The maximum absolute atomic E-state index is 12.6. The van der Waals surface area contributed by atoms with Crippen molar-refractivity contribution in [3.05, 3.63) is 60.2 Å². The van der Waals surface area contributed by atoms with Gasteiger partial charge in [0.1, 0.15) is 0 Å². The zero-order valence-electron chi connectivity index (χ0n) is 12.1. The van der Waals surface area contributed by atoms with E-state index in [1.165, 1.54) is 5.56 Å². The molecule has 2 N–H and O–H groups in total. The number of carbonyl (C=O) groups is 1. The molecule has 20 heavy (non-hydrogen) atoms. The summed E-state index contributed by atoms with van der Waals surface area (Å²) in [6.07, 6.45) is 9.45. The van der Waals surface area contributed by atoms with Gasteiger partial charge in [0.25, 0.3) is 0 Å². The Balaban J connectivity index is 2.16. The van der Waals surface area contributed by atoms with Crippen LogP contribution in [0.5, 0.6) is 0 Å². The Morgan fingerprint density at radius 2 is 2.00 bits per heavy atom. The molecule has 0 aliphatic heterocycles. The van der Waals surface area contributed by atoms with Crippen LogP contribution < -0.4 is 10.9 Å².